The summed E-state index contributed by atoms with van der Waals surface area (Å²) in [5, 5.41) is 3.62. The van der Waals surface area contributed by atoms with Crippen LogP contribution in [0.3, 0.4) is 0 Å². The maximum atomic E-state index is 16.8. The third kappa shape index (κ3) is 6.95. The molecule has 3 aromatic rings. The van der Waals surface area contributed by atoms with Crippen LogP contribution in [0.2, 0.25) is 0 Å². The van der Waals surface area contributed by atoms with Crippen molar-refractivity contribution in [2.75, 3.05) is 63.2 Å². The van der Waals surface area contributed by atoms with Gasteiger partial charge in [0.25, 0.3) is 5.92 Å². The van der Waals surface area contributed by atoms with Crippen molar-refractivity contribution < 1.29 is 40.6 Å². The zero-order valence-electron chi connectivity index (χ0n) is 28.9. The van der Waals surface area contributed by atoms with Crippen LogP contribution in [0.4, 0.5) is 38.0 Å². The molecule has 0 aromatic carbocycles. The summed E-state index contributed by atoms with van der Waals surface area (Å²) in [4.78, 5) is 21.4. The van der Waals surface area contributed by atoms with Crippen molar-refractivity contribution in [1.29, 1.82) is 0 Å². The van der Waals surface area contributed by atoms with Crippen molar-refractivity contribution in [3.8, 4) is 23.1 Å². The van der Waals surface area contributed by atoms with E-state index >= 15 is 4.39 Å². The molecule has 3 N–H and O–H groups in total. The van der Waals surface area contributed by atoms with Crippen LogP contribution < -0.4 is 25.4 Å². The van der Waals surface area contributed by atoms with E-state index in [1.807, 2.05) is 23.6 Å². The van der Waals surface area contributed by atoms with Crippen molar-refractivity contribution in [3.05, 3.63) is 23.1 Å². The standard InChI is InChI=1S/C34H42F6N8O3/c1-5-20-13-48-22(11-42-20)18(3)51-30-24-28(26(35)27(44-30)21-10-23(41)43-17(2)25(21)34(38,39)40)45-31(46-29(24)48)50-16-33(6-7-33)15-47-8-9-49-14-19(12-47)32(4,36)37/h10,18-20,22,42H,5-9,11-16H2,1-4H3,(H2,41,43)/t18-,19?,20+,22-/m0/s1. The number of piperazine rings is 1. The van der Waals surface area contributed by atoms with Crippen LogP contribution in [-0.4, -0.2) is 101 Å². The van der Waals surface area contributed by atoms with Gasteiger partial charge in [0.1, 0.15) is 34.3 Å². The average molecular weight is 725 g/mol. The highest BCUT2D eigenvalue weighted by molar-refractivity contribution is 5.97. The van der Waals surface area contributed by atoms with Crippen molar-refractivity contribution in [3.63, 3.8) is 0 Å². The fraction of sp³-hybridized carbons (Fsp3) is 0.647. The average Bonchev–Trinajstić information content (AvgIpc) is 3.87. The second-order valence-corrected chi connectivity index (χ2v) is 14.5. The number of hydrogen-bond acceptors (Lipinski definition) is 11. The Balaban J connectivity index is 1.30. The fourth-order valence-electron chi connectivity index (χ4n) is 7.45. The normalized spacial score (nSPS) is 25.2. The lowest BCUT2D eigenvalue weighted by Gasteiger charge is -2.42. The van der Waals surface area contributed by atoms with Crippen molar-refractivity contribution in [2.24, 2.45) is 11.3 Å². The first-order chi connectivity index (χ1) is 24.1. The maximum absolute atomic E-state index is 16.8. The summed E-state index contributed by atoms with van der Waals surface area (Å²) in [5.74, 6) is -5.00. The minimum absolute atomic E-state index is 0.0219. The molecule has 3 aliphatic heterocycles. The molecule has 4 aliphatic rings. The van der Waals surface area contributed by atoms with Gasteiger partial charge in [-0.05, 0) is 46.1 Å². The topological polar surface area (TPSA) is 124 Å². The molecule has 51 heavy (non-hydrogen) atoms. The van der Waals surface area contributed by atoms with E-state index in [4.69, 9.17) is 24.9 Å². The number of hydrogen-bond donors (Lipinski definition) is 2. The monoisotopic (exact) mass is 724 g/mol. The molecule has 1 unspecified atom stereocenters. The third-order valence-electron chi connectivity index (χ3n) is 10.6. The number of aromatic nitrogens is 4. The van der Waals surface area contributed by atoms with Gasteiger partial charge in [-0.1, -0.05) is 6.92 Å². The van der Waals surface area contributed by atoms with E-state index < -0.39 is 52.5 Å². The highest BCUT2D eigenvalue weighted by atomic mass is 19.4. The number of rotatable bonds is 8. The second kappa shape index (κ2) is 13.1. The molecule has 0 bridgehead atoms. The van der Waals surface area contributed by atoms with Crippen molar-refractivity contribution in [2.45, 2.75) is 77.2 Å². The Bertz CT molecular complexity index is 1800. The van der Waals surface area contributed by atoms with E-state index in [1.54, 1.807) is 0 Å². The first kappa shape index (κ1) is 35.7. The summed E-state index contributed by atoms with van der Waals surface area (Å²) in [6.45, 7) is 8.51. The predicted molar refractivity (Wildman–Crippen MR) is 177 cm³/mol. The molecular weight excluding hydrogens is 682 g/mol. The van der Waals surface area contributed by atoms with Crippen LogP contribution in [0, 0.1) is 24.1 Å². The summed E-state index contributed by atoms with van der Waals surface area (Å²) < 4.78 is 107. The van der Waals surface area contributed by atoms with Gasteiger partial charge in [0.05, 0.1) is 43.0 Å². The maximum Gasteiger partial charge on any atom is 0.418 e. The largest absolute Gasteiger partial charge is 0.472 e. The van der Waals surface area contributed by atoms with Crippen molar-refractivity contribution in [1.82, 2.24) is 30.2 Å². The molecule has 3 aromatic heterocycles. The van der Waals surface area contributed by atoms with E-state index in [0.29, 0.717) is 38.6 Å². The number of fused-ring (bicyclic) bond motifs is 2. The summed E-state index contributed by atoms with van der Waals surface area (Å²) in [6.07, 6.45) is -3.08. The molecule has 1 saturated carbocycles. The highest BCUT2D eigenvalue weighted by Crippen LogP contribution is 2.48. The predicted octanol–water partition coefficient (Wildman–Crippen LogP) is 5.24. The van der Waals surface area contributed by atoms with Crippen LogP contribution >= 0.6 is 0 Å². The van der Waals surface area contributed by atoms with Gasteiger partial charge in [0.2, 0.25) is 5.88 Å². The number of anilines is 2. The number of aryl methyl sites for hydroxylation is 1. The molecule has 0 amide bonds. The lowest BCUT2D eigenvalue weighted by Crippen LogP contribution is -2.60. The van der Waals surface area contributed by atoms with Crippen LogP contribution in [0.5, 0.6) is 11.9 Å². The lowest BCUT2D eigenvalue weighted by atomic mass is 10.0. The zero-order valence-corrected chi connectivity index (χ0v) is 28.9. The number of nitrogens with one attached hydrogen (secondary N) is 1. The zero-order chi connectivity index (χ0) is 36.5. The third-order valence-corrected chi connectivity index (χ3v) is 10.6. The molecule has 0 spiro atoms. The summed E-state index contributed by atoms with van der Waals surface area (Å²) in [7, 11) is 0. The number of nitrogen functional groups attached to an aromatic ring is 1. The van der Waals surface area contributed by atoms with E-state index in [9.17, 15) is 22.0 Å². The fourth-order valence-corrected chi connectivity index (χ4v) is 7.45. The summed E-state index contributed by atoms with van der Waals surface area (Å²) in [6, 6.07) is 0.575. The Morgan fingerprint density at radius 3 is 2.57 bits per heavy atom. The second-order valence-electron chi connectivity index (χ2n) is 14.5. The van der Waals surface area contributed by atoms with E-state index in [1.165, 1.54) is 0 Å². The van der Waals surface area contributed by atoms with Gasteiger partial charge in [-0.3, -0.25) is 4.90 Å². The quantitative estimate of drug-likeness (QED) is 0.297. The summed E-state index contributed by atoms with van der Waals surface area (Å²) >= 11 is 0. The Morgan fingerprint density at radius 2 is 1.88 bits per heavy atom. The molecular formula is C34H42F6N8O3. The van der Waals surface area contributed by atoms with Gasteiger partial charge in [0, 0.05) is 49.7 Å². The van der Waals surface area contributed by atoms with Crippen LogP contribution in [0.1, 0.15) is 51.3 Å². The molecule has 278 valence electrons. The Hall–Kier alpha value is -3.70. The first-order valence-electron chi connectivity index (χ1n) is 17.3. The number of alkyl halides is 5. The molecule has 3 fully saturated rings. The van der Waals surface area contributed by atoms with Gasteiger partial charge in [-0.2, -0.15) is 23.1 Å². The van der Waals surface area contributed by atoms with E-state index in [2.05, 4.69) is 20.3 Å². The minimum atomic E-state index is -4.90. The van der Waals surface area contributed by atoms with Crippen LogP contribution in [-0.2, 0) is 10.9 Å². The molecule has 11 nitrogen and oxygen atoms in total. The van der Waals surface area contributed by atoms with Gasteiger partial charge in [-0.25, -0.2) is 23.1 Å². The number of halogens is 6. The number of pyridine rings is 2. The number of ether oxygens (including phenoxy) is 3. The Kier molecular flexibility index (Phi) is 9.14. The molecule has 0 radical (unpaired) electrons. The molecule has 17 heteroatoms. The Labute approximate surface area is 291 Å². The minimum Gasteiger partial charge on any atom is -0.472 e. The molecule has 2 saturated heterocycles. The molecule has 1 aliphatic carbocycles. The number of nitrogens with zero attached hydrogens (tertiary/aromatic N) is 6. The first-order valence-corrected chi connectivity index (χ1v) is 17.3. The van der Waals surface area contributed by atoms with Gasteiger partial charge < -0.3 is 30.2 Å². The molecule has 7 rings (SSSR count). The molecule has 4 atom stereocenters. The summed E-state index contributed by atoms with van der Waals surface area (Å²) in [5.41, 5.74) is 2.37. The van der Waals surface area contributed by atoms with Crippen LogP contribution in [0.15, 0.2) is 6.07 Å². The molecule has 6 heterocycles. The van der Waals surface area contributed by atoms with Gasteiger partial charge >= 0.3 is 12.2 Å². The van der Waals surface area contributed by atoms with E-state index in [-0.39, 0.29) is 65.9 Å². The Morgan fingerprint density at radius 1 is 1.12 bits per heavy atom. The highest BCUT2D eigenvalue weighted by Gasteiger charge is 2.47. The van der Waals surface area contributed by atoms with Crippen LogP contribution in [0.25, 0.3) is 22.2 Å². The lowest BCUT2D eigenvalue weighted by molar-refractivity contribution is -0.137. The smallest absolute Gasteiger partial charge is 0.418 e. The number of nitrogens with two attached hydrogens (primary N) is 1. The van der Waals surface area contributed by atoms with Gasteiger partial charge in [0.15, 0.2) is 5.82 Å². The SMILES string of the molecule is CC[C@@H]1CN2c3nc(OCC4(CN5CCOCC(C(C)(F)F)C5)CC4)nc4c(F)c(-c5cc(N)nc(C)c5C(F)(F)F)nc(c34)O[C@@H](C)[C@@H]2CN1. The van der Waals surface area contributed by atoms with Gasteiger partial charge in [-0.15, -0.1) is 0 Å². The van der Waals surface area contributed by atoms with E-state index in [0.717, 1.165) is 39.2 Å². The van der Waals surface area contributed by atoms with Crippen molar-refractivity contribution >= 4 is 22.5 Å².